The molecule has 0 aliphatic heterocycles. The van der Waals surface area contributed by atoms with E-state index in [1.54, 1.807) is 24.3 Å². The summed E-state index contributed by atoms with van der Waals surface area (Å²) >= 11 is 1.15. The number of furan rings is 1. The molecule has 22 heavy (non-hydrogen) atoms. The lowest BCUT2D eigenvalue weighted by Gasteiger charge is -2.05. The highest BCUT2D eigenvalue weighted by Crippen LogP contribution is 2.32. The Labute approximate surface area is 132 Å². The number of carbonyl (C=O) groups excluding carboxylic acids is 1. The Morgan fingerprint density at radius 2 is 1.95 bits per heavy atom. The van der Waals surface area contributed by atoms with E-state index in [1.165, 1.54) is 12.1 Å². The van der Waals surface area contributed by atoms with Gasteiger partial charge in [0.2, 0.25) is 5.76 Å². The number of hydrogen-bond acceptors (Lipinski definition) is 5. The first kappa shape index (κ1) is 16.2. The van der Waals surface area contributed by atoms with Crippen molar-refractivity contribution in [2.24, 2.45) is 5.92 Å². The first-order valence-electron chi connectivity index (χ1n) is 6.74. The van der Waals surface area contributed by atoms with Gasteiger partial charge in [0.15, 0.2) is 5.09 Å². The average molecular weight is 320 g/mol. The van der Waals surface area contributed by atoms with Gasteiger partial charge in [-0.2, -0.15) is 0 Å². The molecule has 1 aromatic carbocycles. The lowest BCUT2D eigenvalue weighted by atomic mass is 10.2. The van der Waals surface area contributed by atoms with Gasteiger partial charge in [-0.1, -0.05) is 37.7 Å². The molecular formula is C16H16O5S. The third-order valence-electron chi connectivity index (χ3n) is 2.66. The Hall–Kier alpha value is -2.21. The molecule has 0 aliphatic rings. The zero-order chi connectivity index (χ0) is 16.1. The summed E-state index contributed by atoms with van der Waals surface area (Å²) in [7, 11) is 0. The molecule has 116 valence electrons. The van der Waals surface area contributed by atoms with Crippen LogP contribution in [0.25, 0.3) is 0 Å². The molecule has 1 N–H and O–H groups in total. The topological polar surface area (TPSA) is 76.7 Å². The van der Waals surface area contributed by atoms with Gasteiger partial charge in [0, 0.05) is 4.90 Å². The van der Waals surface area contributed by atoms with E-state index in [-0.39, 0.29) is 17.2 Å². The van der Waals surface area contributed by atoms with Crippen LogP contribution in [-0.2, 0) is 4.74 Å². The molecule has 6 heteroatoms. The van der Waals surface area contributed by atoms with Crippen LogP contribution in [0.4, 0.5) is 0 Å². The maximum atomic E-state index is 11.8. The number of carboxylic acids is 1. The molecule has 0 unspecified atom stereocenters. The molecular weight excluding hydrogens is 304 g/mol. The maximum absolute atomic E-state index is 11.8. The van der Waals surface area contributed by atoms with Crippen LogP contribution in [0, 0.1) is 5.92 Å². The molecule has 5 nitrogen and oxygen atoms in total. The first-order chi connectivity index (χ1) is 10.5. The second-order valence-corrected chi connectivity index (χ2v) is 6.06. The van der Waals surface area contributed by atoms with Crippen molar-refractivity contribution in [3.8, 4) is 0 Å². The van der Waals surface area contributed by atoms with Gasteiger partial charge >= 0.3 is 11.9 Å². The molecule has 0 aliphatic carbocycles. The largest absolute Gasteiger partial charge is 0.478 e. The summed E-state index contributed by atoms with van der Waals surface area (Å²) in [4.78, 5) is 23.5. The van der Waals surface area contributed by atoms with Crippen LogP contribution in [0.1, 0.15) is 34.8 Å². The standard InChI is InChI=1S/C16H16O5S/c1-10(2)9-20-16(19)12-7-8-14(21-12)22-13-6-4-3-5-11(13)15(17)18/h3-8,10H,9H2,1-2H3,(H,17,18). The smallest absolute Gasteiger partial charge is 0.374 e. The Morgan fingerprint density at radius 1 is 1.23 bits per heavy atom. The second kappa shape index (κ2) is 7.17. The average Bonchev–Trinajstić information content (AvgIpc) is 2.93. The highest BCUT2D eigenvalue weighted by atomic mass is 32.2. The van der Waals surface area contributed by atoms with Crippen molar-refractivity contribution < 1.29 is 23.8 Å². The highest BCUT2D eigenvalue weighted by Gasteiger charge is 2.16. The fourth-order valence-corrected chi connectivity index (χ4v) is 2.54. The maximum Gasteiger partial charge on any atom is 0.374 e. The second-order valence-electron chi connectivity index (χ2n) is 5.01. The lowest BCUT2D eigenvalue weighted by Crippen LogP contribution is -2.09. The third-order valence-corrected chi connectivity index (χ3v) is 3.65. The van der Waals surface area contributed by atoms with E-state index in [2.05, 4.69) is 0 Å². The molecule has 1 aromatic heterocycles. The van der Waals surface area contributed by atoms with Crippen molar-refractivity contribution in [3.05, 3.63) is 47.7 Å². The van der Waals surface area contributed by atoms with Gasteiger partial charge in [-0.15, -0.1) is 0 Å². The summed E-state index contributed by atoms with van der Waals surface area (Å²) in [6.07, 6.45) is 0. The van der Waals surface area contributed by atoms with Crippen molar-refractivity contribution in [2.75, 3.05) is 6.61 Å². The molecule has 1 heterocycles. The van der Waals surface area contributed by atoms with E-state index in [1.807, 2.05) is 13.8 Å². The first-order valence-corrected chi connectivity index (χ1v) is 7.56. The van der Waals surface area contributed by atoms with Crippen molar-refractivity contribution in [3.63, 3.8) is 0 Å². The number of aromatic carboxylic acids is 1. The third kappa shape index (κ3) is 4.14. The van der Waals surface area contributed by atoms with Crippen LogP contribution in [0.5, 0.6) is 0 Å². The molecule has 0 bridgehead atoms. The fourth-order valence-electron chi connectivity index (χ4n) is 1.64. The minimum absolute atomic E-state index is 0.107. The number of rotatable bonds is 6. The monoisotopic (exact) mass is 320 g/mol. The Kier molecular flexibility index (Phi) is 5.27. The summed E-state index contributed by atoms with van der Waals surface area (Å²) in [5.74, 6) is -1.18. The highest BCUT2D eigenvalue weighted by molar-refractivity contribution is 7.99. The van der Waals surface area contributed by atoms with Gasteiger partial charge in [-0.25, -0.2) is 9.59 Å². The fraction of sp³-hybridized carbons (Fsp3) is 0.250. The molecule has 2 aromatic rings. The van der Waals surface area contributed by atoms with Gasteiger partial charge in [0.25, 0.3) is 0 Å². The number of hydrogen-bond donors (Lipinski definition) is 1. The number of esters is 1. The molecule has 0 radical (unpaired) electrons. The summed E-state index contributed by atoms with van der Waals surface area (Å²) in [6, 6.07) is 9.75. The van der Waals surface area contributed by atoms with Gasteiger partial charge in [-0.3, -0.25) is 0 Å². The summed E-state index contributed by atoms with van der Waals surface area (Å²) < 4.78 is 10.5. The van der Waals surface area contributed by atoms with E-state index < -0.39 is 11.9 Å². The van der Waals surface area contributed by atoms with E-state index in [0.717, 1.165) is 11.8 Å². The number of carbonyl (C=O) groups is 2. The number of carboxylic acid groups (broad SMARTS) is 1. The Bertz CT molecular complexity index is 675. The van der Waals surface area contributed by atoms with Gasteiger partial charge in [0.1, 0.15) is 0 Å². The predicted molar refractivity (Wildman–Crippen MR) is 81.4 cm³/mol. The van der Waals surface area contributed by atoms with Crippen LogP contribution in [-0.4, -0.2) is 23.7 Å². The Balaban J connectivity index is 2.10. The van der Waals surface area contributed by atoms with E-state index in [4.69, 9.17) is 14.3 Å². The number of benzene rings is 1. The van der Waals surface area contributed by atoms with Crippen LogP contribution < -0.4 is 0 Å². The van der Waals surface area contributed by atoms with Gasteiger partial charge in [0.05, 0.1) is 12.2 Å². The SMILES string of the molecule is CC(C)COC(=O)c1ccc(Sc2ccccc2C(=O)O)o1. The minimum Gasteiger partial charge on any atom is -0.478 e. The Morgan fingerprint density at radius 3 is 2.64 bits per heavy atom. The molecule has 2 rings (SSSR count). The molecule has 0 atom stereocenters. The van der Waals surface area contributed by atoms with Crippen molar-refractivity contribution in [2.45, 2.75) is 23.8 Å². The molecule has 0 saturated heterocycles. The van der Waals surface area contributed by atoms with Crippen molar-refractivity contribution in [1.29, 1.82) is 0 Å². The van der Waals surface area contributed by atoms with E-state index in [9.17, 15) is 9.59 Å². The van der Waals surface area contributed by atoms with Gasteiger partial charge < -0.3 is 14.3 Å². The van der Waals surface area contributed by atoms with Crippen LogP contribution >= 0.6 is 11.8 Å². The molecule has 0 saturated carbocycles. The van der Waals surface area contributed by atoms with Crippen LogP contribution in [0.3, 0.4) is 0 Å². The van der Waals surface area contributed by atoms with E-state index >= 15 is 0 Å². The van der Waals surface area contributed by atoms with Crippen molar-refractivity contribution in [1.82, 2.24) is 0 Å². The zero-order valence-corrected chi connectivity index (χ0v) is 13.1. The zero-order valence-electron chi connectivity index (χ0n) is 12.2. The molecule has 0 fully saturated rings. The van der Waals surface area contributed by atoms with Crippen molar-refractivity contribution >= 4 is 23.7 Å². The van der Waals surface area contributed by atoms with Crippen LogP contribution in [0.2, 0.25) is 0 Å². The summed E-state index contributed by atoms with van der Waals surface area (Å²) in [6.45, 7) is 4.21. The normalized spacial score (nSPS) is 10.7. The predicted octanol–water partition coefficient (Wildman–Crippen LogP) is 3.94. The van der Waals surface area contributed by atoms with Gasteiger partial charge in [-0.05, 0) is 30.2 Å². The summed E-state index contributed by atoms with van der Waals surface area (Å²) in [5, 5.41) is 9.58. The molecule has 0 amide bonds. The minimum atomic E-state index is -1.01. The number of ether oxygens (including phenoxy) is 1. The van der Waals surface area contributed by atoms with Crippen LogP contribution in [0.15, 0.2) is 50.8 Å². The van der Waals surface area contributed by atoms with E-state index in [0.29, 0.717) is 16.6 Å². The lowest BCUT2D eigenvalue weighted by molar-refractivity contribution is 0.0417. The quantitative estimate of drug-likeness (QED) is 0.812. The summed E-state index contributed by atoms with van der Waals surface area (Å²) in [5.41, 5.74) is 0.188. The molecule has 0 spiro atoms.